The second kappa shape index (κ2) is 12.6. The van der Waals surface area contributed by atoms with Crippen LogP contribution in [0.2, 0.25) is 0 Å². The second-order valence-electron chi connectivity index (χ2n) is 10.2. The van der Waals surface area contributed by atoms with Crippen LogP contribution in [0.5, 0.6) is 5.75 Å². The summed E-state index contributed by atoms with van der Waals surface area (Å²) in [7, 11) is 0. The average molecular weight is 520 g/mol. The zero-order valence-electron chi connectivity index (χ0n) is 21.1. The first-order valence-electron chi connectivity index (χ1n) is 12.2. The minimum Gasteiger partial charge on any atom is -0.494 e. The molecule has 0 atom stereocenters. The fraction of sp³-hybridized carbons (Fsp3) is 0.577. The number of rotatable bonds is 10. The fourth-order valence-corrected chi connectivity index (χ4v) is 5.74. The van der Waals surface area contributed by atoms with Crippen molar-refractivity contribution in [2.24, 2.45) is 5.92 Å². The van der Waals surface area contributed by atoms with E-state index in [2.05, 4.69) is 50.1 Å². The normalized spacial score (nSPS) is 18.2. The lowest BCUT2D eigenvalue weighted by Gasteiger charge is -2.36. The number of amides is 2. The Labute approximate surface area is 216 Å². The van der Waals surface area contributed by atoms with Crippen LogP contribution in [0, 0.1) is 5.92 Å². The van der Waals surface area contributed by atoms with Gasteiger partial charge in [-0.3, -0.25) is 10.1 Å². The number of benzene rings is 1. The Morgan fingerprint density at radius 3 is 2.51 bits per heavy atom. The lowest BCUT2D eigenvalue weighted by Crippen LogP contribution is -2.45. The maximum absolute atomic E-state index is 13.2. The van der Waals surface area contributed by atoms with Gasteiger partial charge in [0.2, 0.25) is 0 Å². The van der Waals surface area contributed by atoms with Gasteiger partial charge >= 0.3 is 12.0 Å². The SMILES string of the molecule is CC(C)(C)c1ccc(OCCCN(C(=O)Nc2ncc(SCC(=O)O)s2)[C@H]2CC[C@H](C)CC2)cc1. The molecule has 1 aromatic heterocycles. The van der Waals surface area contributed by atoms with Gasteiger partial charge in [0.25, 0.3) is 0 Å². The summed E-state index contributed by atoms with van der Waals surface area (Å²) in [6.45, 7) is 9.99. The lowest BCUT2D eigenvalue weighted by molar-refractivity contribution is -0.133. The van der Waals surface area contributed by atoms with Gasteiger partial charge in [-0.1, -0.05) is 51.2 Å². The standard InChI is InChI=1S/C26H37N3O4S2/c1-18-6-10-20(11-7-18)29(25(32)28-24-27-16-23(35-24)34-17-22(30)31)14-5-15-33-21-12-8-19(9-13-21)26(2,3)4/h8-9,12-13,16,18,20H,5-7,10-11,14-15,17H2,1-4H3,(H,30,31)(H,27,28,32)/t18-,20-. The van der Waals surface area contributed by atoms with Gasteiger partial charge in [0, 0.05) is 12.6 Å². The van der Waals surface area contributed by atoms with Crippen molar-refractivity contribution < 1.29 is 19.4 Å². The smallest absolute Gasteiger partial charge is 0.323 e. The summed E-state index contributed by atoms with van der Waals surface area (Å²) in [6.07, 6.45) is 6.59. The van der Waals surface area contributed by atoms with Crippen LogP contribution in [-0.2, 0) is 10.2 Å². The molecule has 2 amide bonds. The summed E-state index contributed by atoms with van der Waals surface area (Å²) in [5, 5.41) is 12.3. The van der Waals surface area contributed by atoms with Crippen LogP contribution in [0.4, 0.5) is 9.93 Å². The van der Waals surface area contributed by atoms with Crippen LogP contribution >= 0.6 is 23.1 Å². The van der Waals surface area contributed by atoms with Crippen molar-refractivity contribution in [2.45, 2.75) is 75.5 Å². The average Bonchev–Trinajstić information content (AvgIpc) is 3.25. The second-order valence-corrected chi connectivity index (χ2v) is 12.5. The Hall–Kier alpha value is -2.26. The number of hydrogen-bond donors (Lipinski definition) is 2. The Morgan fingerprint density at radius 1 is 1.20 bits per heavy atom. The van der Waals surface area contributed by atoms with E-state index < -0.39 is 5.97 Å². The van der Waals surface area contributed by atoms with Crippen molar-refractivity contribution in [1.29, 1.82) is 0 Å². The lowest BCUT2D eigenvalue weighted by atomic mass is 9.86. The van der Waals surface area contributed by atoms with E-state index in [9.17, 15) is 9.59 Å². The van der Waals surface area contributed by atoms with Gasteiger partial charge in [0.1, 0.15) is 5.75 Å². The van der Waals surface area contributed by atoms with Gasteiger partial charge in [-0.15, -0.1) is 11.8 Å². The maximum Gasteiger partial charge on any atom is 0.323 e. The van der Waals surface area contributed by atoms with Crippen LogP contribution in [0.1, 0.15) is 65.4 Å². The van der Waals surface area contributed by atoms with Crippen LogP contribution in [-0.4, -0.2) is 51.9 Å². The molecule has 0 aliphatic heterocycles. The third-order valence-electron chi connectivity index (χ3n) is 6.26. The van der Waals surface area contributed by atoms with E-state index in [1.165, 1.54) is 28.7 Å². The summed E-state index contributed by atoms with van der Waals surface area (Å²) < 4.78 is 6.73. The molecule has 0 radical (unpaired) electrons. The summed E-state index contributed by atoms with van der Waals surface area (Å²) >= 11 is 2.51. The number of ether oxygens (including phenoxy) is 1. The number of aliphatic carboxylic acids is 1. The van der Waals surface area contributed by atoms with E-state index in [0.717, 1.165) is 42.1 Å². The first kappa shape index (κ1) is 27.3. The first-order valence-corrected chi connectivity index (χ1v) is 14.0. The number of hydrogen-bond acceptors (Lipinski definition) is 6. The molecule has 1 fully saturated rings. The molecule has 3 rings (SSSR count). The number of anilines is 1. The van der Waals surface area contributed by atoms with Crippen molar-refractivity contribution >= 4 is 40.2 Å². The van der Waals surface area contributed by atoms with Gasteiger partial charge < -0.3 is 14.7 Å². The predicted molar refractivity (Wildman–Crippen MR) is 143 cm³/mol. The summed E-state index contributed by atoms with van der Waals surface area (Å²) in [5.41, 5.74) is 1.38. The van der Waals surface area contributed by atoms with Crippen molar-refractivity contribution in [3.63, 3.8) is 0 Å². The van der Waals surface area contributed by atoms with Crippen molar-refractivity contribution in [3.8, 4) is 5.75 Å². The van der Waals surface area contributed by atoms with Crippen molar-refractivity contribution in [2.75, 3.05) is 24.2 Å². The summed E-state index contributed by atoms with van der Waals surface area (Å²) in [6, 6.07) is 8.29. The maximum atomic E-state index is 13.2. The van der Waals surface area contributed by atoms with Gasteiger partial charge in [0.15, 0.2) is 5.13 Å². The molecule has 35 heavy (non-hydrogen) atoms. The molecule has 1 saturated carbocycles. The number of carboxylic acid groups (broad SMARTS) is 1. The monoisotopic (exact) mass is 519 g/mol. The van der Waals surface area contributed by atoms with Crippen molar-refractivity contribution in [3.05, 3.63) is 36.0 Å². The van der Waals surface area contributed by atoms with Gasteiger partial charge in [-0.25, -0.2) is 9.78 Å². The third-order valence-corrected chi connectivity index (χ3v) is 8.35. The fourth-order valence-electron chi connectivity index (χ4n) is 4.16. The number of nitrogens with zero attached hydrogens (tertiary/aromatic N) is 2. The molecule has 1 aliphatic rings. The molecule has 7 nitrogen and oxygen atoms in total. The molecule has 1 heterocycles. The summed E-state index contributed by atoms with van der Waals surface area (Å²) in [4.78, 5) is 30.2. The highest BCUT2D eigenvalue weighted by Gasteiger charge is 2.28. The molecule has 0 bridgehead atoms. The minimum absolute atomic E-state index is 0.0269. The quantitative estimate of drug-likeness (QED) is 0.275. The van der Waals surface area contributed by atoms with E-state index in [0.29, 0.717) is 24.2 Å². The molecule has 2 N–H and O–H groups in total. The Kier molecular flexibility index (Phi) is 9.86. The van der Waals surface area contributed by atoms with Gasteiger partial charge in [0.05, 0.1) is 22.8 Å². The van der Waals surface area contributed by atoms with E-state index in [1.54, 1.807) is 6.20 Å². The molecular weight excluding hydrogens is 482 g/mol. The van der Waals surface area contributed by atoms with E-state index in [4.69, 9.17) is 9.84 Å². The molecular formula is C26H37N3O4S2. The molecule has 1 aromatic carbocycles. The molecule has 192 valence electrons. The van der Waals surface area contributed by atoms with Crippen LogP contribution in [0.15, 0.2) is 34.7 Å². The number of carboxylic acids is 1. The Morgan fingerprint density at radius 2 is 1.89 bits per heavy atom. The number of aromatic nitrogens is 1. The number of urea groups is 1. The predicted octanol–water partition coefficient (Wildman–Crippen LogP) is 6.50. The van der Waals surface area contributed by atoms with Crippen molar-refractivity contribution in [1.82, 2.24) is 9.88 Å². The molecule has 1 aliphatic carbocycles. The summed E-state index contributed by atoms with van der Waals surface area (Å²) in [5.74, 6) is 0.637. The molecule has 0 saturated heterocycles. The number of carbonyl (C=O) groups is 2. The zero-order chi connectivity index (χ0) is 25.4. The minimum atomic E-state index is -0.876. The van der Waals surface area contributed by atoms with Crippen LogP contribution in [0.3, 0.4) is 0 Å². The number of thiazole rings is 1. The Bertz CT molecular complexity index is 964. The van der Waals surface area contributed by atoms with E-state index in [-0.39, 0.29) is 23.2 Å². The highest BCUT2D eigenvalue weighted by molar-refractivity contribution is 8.01. The number of carbonyl (C=O) groups excluding carboxylic acids is 1. The topological polar surface area (TPSA) is 91.8 Å². The highest BCUT2D eigenvalue weighted by Crippen LogP contribution is 2.30. The molecule has 9 heteroatoms. The molecule has 0 unspecified atom stereocenters. The van der Waals surface area contributed by atoms with E-state index >= 15 is 0 Å². The van der Waals surface area contributed by atoms with Crippen LogP contribution in [0.25, 0.3) is 0 Å². The first-order chi connectivity index (χ1) is 16.6. The number of nitrogens with one attached hydrogen (secondary N) is 1. The largest absolute Gasteiger partial charge is 0.494 e. The van der Waals surface area contributed by atoms with Crippen LogP contribution < -0.4 is 10.1 Å². The molecule has 2 aromatic rings. The highest BCUT2D eigenvalue weighted by atomic mass is 32.2. The Balaban J connectivity index is 1.55. The number of thioether (sulfide) groups is 1. The van der Waals surface area contributed by atoms with E-state index in [1.807, 2.05) is 17.0 Å². The van der Waals surface area contributed by atoms with Gasteiger partial charge in [-0.2, -0.15) is 0 Å². The zero-order valence-corrected chi connectivity index (χ0v) is 22.7. The molecule has 0 spiro atoms. The van der Waals surface area contributed by atoms with Gasteiger partial charge in [-0.05, 0) is 61.1 Å². The third kappa shape index (κ3) is 8.72.